The molecule has 0 aromatic carbocycles. The van der Waals surface area contributed by atoms with Crippen molar-refractivity contribution in [3.05, 3.63) is 38.5 Å². The molecule has 1 N–H and O–H groups in total. The van der Waals surface area contributed by atoms with Crippen molar-refractivity contribution in [3.8, 4) is 0 Å². The number of ketones is 1. The van der Waals surface area contributed by atoms with E-state index >= 15 is 0 Å². The quantitative estimate of drug-likeness (QED) is 0.824. The average Bonchev–Trinajstić information content (AvgIpc) is 2.48. The summed E-state index contributed by atoms with van der Waals surface area (Å²) in [5, 5.41) is 10.3. The van der Waals surface area contributed by atoms with Crippen LogP contribution < -0.4 is 11.2 Å². The maximum Gasteiger partial charge on any atom is 0.332 e. The van der Waals surface area contributed by atoms with Gasteiger partial charge in [0.1, 0.15) is 5.76 Å². The van der Waals surface area contributed by atoms with Crippen LogP contribution in [0.2, 0.25) is 0 Å². The fourth-order valence-corrected chi connectivity index (χ4v) is 3.03. The van der Waals surface area contributed by atoms with Crippen molar-refractivity contribution in [2.24, 2.45) is 19.5 Å². The lowest BCUT2D eigenvalue weighted by Gasteiger charge is -2.29. The third-order valence-electron chi connectivity index (χ3n) is 4.26. The summed E-state index contributed by atoms with van der Waals surface area (Å²) in [6, 6.07) is 0. The van der Waals surface area contributed by atoms with Gasteiger partial charge in [0.15, 0.2) is 16.9 Å². The lowest BCUT2D eigenvalue weighted by molar-refractivity contribution is -0.116. The van der Waals surface area contributed by atoms with E-state index in [1.165, 1.54) is 24.9 Å². The Hall–Kier alpha value is -2.77. The van der Waals surface area contributed by atoms with Crippen molar-refractivity contribution in [1.29, 1.82) is 0 Å². The van der Waals surface area contributed by atoms with Crippen LogP contribution in [0.5, 0.6) is 0 Å². The summed E-state index contributed by atoms with van der Waals surface area (Å²) in [6.07, 6.45) is 1.93. The van der Waals surface area contributed by atoms with E-state index in [4.69, 9.17) is 0 Å². The van der Waals surface area contributed by atoms with Gasteiger partial charge in [0.05, 0.1) is 17.5 Å². The molecule has 0 bridgehead atoms. The molecule has 0 radical (unpaired) electrons. The monoisotopic (exact) mass is 330 g/mol. The van der Waals surface area contributed by atoms with E-state index in [-0.39, 0.29) is 45.8 Å². The first-order valence-electron chi connectivity index (χ1n) is 7.51. The molecule has 8 heteroatoms. The highest BCUT2D eigenvalue weighted by Crippen LogP contribution is 2.38. The van der Waals surface area contributed by atoms with E-state index in [0.29, 0.717) is 6.42 Å². The lowest BCUT2D eigenvalue weighted by atomic mass is 9.76. The molecule has 0 amide bonds. The molecule has 0 spiro atoms. The number of rotatable bonds is 1. The van der Waals surface area contributed by atoms with E-state index in [0.717, 1.165) is 4.57 Å². The molecule has 1 aliphatic carbocycles. The van der Waals surface area contributed by atoms with Gasteiger partial charge in [-0.2, -0.15) is 0 Å². The summed E-state index contributed by atoms with van der Waals surface area (Å²) in [7, 11) is 2.84. The van der Waals surface area contributed by atoms with Crippen LogP contribution in [-0.2, 0) is 18.9 Å². The Morgan fingerprint density at radius 2 is 1.79 bits per heavy atom. The van der Waals surface area contributed by atoms with Gasteiger partial charge in [0.25, 0.3) is 5.56 Å². The van der Waals surface area contributed by atoms with Gasteiger partial charge in [-0.1, -0.05) is 13.8 Å². The zero-order valence-electron chi connectivity index (χ0n) is 14.0. The maximum atomic E-state index is 12.4. The molecular formula is C16H18N4O4. The van der Waals surface area contributed by atoms with Gasteiger partial charge in [0.2, 0.25) is 0 Å². The second-order valence-corrected chi connectivity index (χ2v) is 6.90. The van der Waals surface area contributed by atoms with Gasteiger partial charge in [-0.25, -0.2) is 14.8 Å². The average molecular weight is 330 g/mol. The van der Waals surface area contributed by atoms with Crippen LogP contribution in [0.4, 0.5) is 0 Å². The molecule has 3 rings (SSSR count). The summed E-state index contributed by atoms with van der Waals surface area (Å²) in [5.74, 6) is -0.286. The molecule has 126 valence electrons. The molecular weight excluding hydrogens is 312 g/mol. The molecule has 0 aliphatic heterocycles. The number of aryl methyl sites for hydroxylation is 1. The Bertz CT molecular complexity index is 1030. The van der Waals surface area contributed by atoms with Gasteiger partial charge < -0.3 is 5.11 Å². The molecule has 0 fully saturated rings. The Morgan fingerprint density at radius 1 is 1.12 bits per heavy atom. The third-order valence-corrected chi connectivity index (χ3v) is 4.26. The second kappa shape index (κ2) is 5.12. The van der Waals surface area contributed by atoms with Crippen LogP contribution in [0.3, 0.4) is 0 Å². The molecule has 2 heterocycles. The topological polar surface area (TPSA) is 107 Å². The molecule has 0 unspecified atom stereocenters. The van der Waals surface area contributed by atoms with Gasteiger partial charge in [-0.15, -0.1) is 0 Å². The maximum absolute atomic E-state index is 12.4. The summed E-state index contributed by atoms with van der Waals surface area (Å²) in [4.78, 5) is 44.9. The third kappa shape index (κ3) is 2.34. The number of hydrogen-bond donors (Lipinski definition) is 1. The molecule has 2 aromatic heterocycles. The van der Waals surface area contributed by atoms with Crippen LogP contribution >= 0.6 is 0 Å². The van der Waals surface area contributed by atoms with Gasteiger partial charge >= 0.3 is 5.69 Å². The summed E-state index contributed by atoms with van der Waals surface area (Å²) in [5.41, 5.74) is -1.06. The standard InChI is InChI=1S/C16H18N4O4/c1-16(2)5-9(21)11(10(22)6-16)8-7-17-13-12(18-8)14(23)20(4)15(24)19(13)3/h7,21H,5-6H2,1-4H3. The number of fused-ring (bicyclic) bond motifs is 1. The molecule has 0 atom stereocenters. The number of nitrogens with zero attached hydrogens (tertiary/aromatic N) is 4. The van der Waals surface area contributed by atoms with Crippen molar-refractivity contribution in [2.75, 3.05) is 0 Å². The van der Waals surface area contributed by atoms with Crippen molar-refractivity contribution in [2.45, 2.75) is 26.7 Å². The molecule has 0 saturated heterocycles. The normalized spacial score (nSPS) is 17.6. The van der Waals surface area contributed by atoms with E-state index < -0.39 is 11.2 Å². The number of aliphatic hydroxyl groups is 1. The predicted molar refractivity (Wildman–Crippen MR) is 87.6 cm³/mol. The zero-order valence-corrected chi connectivity index (χ0v) is 14.0. The van der Waals surface area contributed by atoms with Crippen LogP contribution in [0.1, 0.15) is 32.4 Å². The second-order valence-electron chi connectivity index (χ2n) is 6.90. The number of carbonyl (C=O) groups excluding carboxylic acids is 1. The minimum absolute atomic E-state index is 0.0185. The molecule has 1 aliphatic rings. The number of hydrogen-bond acceptors (Lipinski definition) is 6. The molecule has 0 saturated carbocycles. The van der Waals surface area contributed by atoms with Gasteiger partial charge in [0, 0.05) is 26.9 Å². The fourth-order valence-electron chi connectivity index (χ4n) is 3.03. The van der Waals surface area contributed by atoms with Crippen molar-refractivity contribution >= 4 is 22.5 Å². The predicted octanol–water partition coefficient (Wildman–Crippen LogP) is 0.685. The Morgan fingerprint density at radius 3 is 2.42 bits per heavy atom. The van der Waals surface area contributed by atoms with E-state index in [1.807, 2.05) is 13.8 Å². The minimum Gasteiger partial charge on any atom is -0.511 e. The van der Waals surface area contributed by atoms with E-state index in [2.05, 4.69) is 9.97 Å². The van der Waals surface area contributed by atoms with Crippen molar-refractivity contribution in [1.82, 2.24) is 19.1 Å². The van der Waals surface area contributed by atoms with Gasteiger partial charge in [-0.3, -0.25) is 18.7 Å². The Kier molecular flexibility index (Phi) is 3.43. The fraction of sp³-hybridized carbons (Fsp3) is 0.438. The highest BCUT2D eigenvalue weighted by Gasteiger charge is 2.34. The van der Waals surface area contributed by atoms with Crippen molar-refractivity contribution in [3.63, 3.8) is 0 Å². The first-order chi connectivity index (χ1) is 11.1. The number of aromatic nitrogens is 4. The summed E-state index contributed by atoms with van der Waals surface area (Å²) < 4.78 is 2.15. The zero-order chi connectivity index (χ0) is 17.8. The first kappa shape index (κ1) is 16.1. The van der Waals surface area contributed by atoms with Gasteiger partial charge in [-0.05, 0) is 5.41 Å². The highest BCUT2D eigenvalue weighted by molar-refractivity contribution is 6.21. The number of Topliss-reactive ketones (excluding diaryl/α,β-unsaturated/α-hetero) is 1. The molecule has 2 aromatic rings. The number of allylic oxidation sites excluding steroid dienone is 2. The van der Waals surface area contributed by atoms with Crippen LogP contribution in [0, 0.1) is 5.41 Å². The van der Waals surface area contributed by atoms with Crippen LogP contribution in [0.25, 0.3) is 16.7 Å². The number of aliphatic hydroxyl groups excluding tert-OH is 1. The lowest BCUT2D eigenvalue weighted by Crippen LogP contribution is -2.38. The summed E-state index contributed by atoms with van der Waals surface area (Å²) >= 11 is 0. The highest BCUT2D eigenvalue weighted by atomic mass is 16.3. The Labute approximate surface area is 137 Å². The van der Waals surface area contributed by atoms with Crippen molar-refractivity contribution < 1.29 is 9.90 Å². The largest absolute Gasteiger partial charge is 0.511 e. The molecule has 8 nitrogen and oxygen atoms in total. The number of carbonyl (C=O) groups is 1. The SMILES string of the molecule is Cn1c(=O)c2nc(C3=C(O)CC(C)(C)CC3=O)cnc2n(C)c1=O. The first-order valence-corrected chi connectivity index (χ1v) is 7.51. The smallest absolute Gasteiger partial charge is 0.332 e. The van der Waals surface area contributed by atoms with Crippen LogP contribution in [0.15, 0.2) is 21.5 Å². The Balaban J connectivity index is 2.28. The molecule has 24 heavy (non-hydrogen) atoms. The van der Waals surface area contributed by atoms with E-state index in [1.54, 1.807) is 0 Å². The minimum atomic E-state index is -0.592. The van der Waals surface area contributed by atoms with Crippen LogP contribution in [-0.4, -0.2) is 30.0 Å². The summed E-state index contributed by atoms with van der Waals surface area (Å²) in [6.45, 7) is 3.80. The van der Waals surface area contributed by atoms with E-state index in [9.17, 15) is 19.5 Å².